The Balaban J connectivity index is 5.39. The Bertz CT molecular complexity index is 2230. The van der Waals surface area contributed by atoms with Crippen molar-refractivity contribution in [2.45, 2.75) is 367 Å². The molecule has 0 aliphatic carbocycles. The maximum atomic E-state index is 13.1. The highest BCUT2D eigenvalue weighted by molar-refractivity contribution is 7.47. The number of hydrogen-bond acceptors (Lipinski definition) is 15. The number of allylic oxidation sites excluding steroid dienone is 14. The summed E-state index contributed by atoms with van der Waals surface area (Å²) < 4.78 is 68.5. The van der Waals surface area contributed by atoms with Crippen LogP contribution in [0.15, 0.2) is 85.1 Å². The summed E-state index contributed by atoms with van der Waals surface area (Å²) in [5.41, 5.74) is 0. The average Bonchev–Trinajstić information content (AvgIpc) is 0.965. The first-order valence-electron chi connectivity index (χ1n) is 39.8. The molecule has 580 valence electrons. The van der Waals surface area contributed by atoms with E-state index in [-0.39, 0.29) is 25.7 Å². The van der Waals surface area contributed by atoms with Crippen molar-refractivity contribution >= 4 is 39.5 Å². The van der Waals surface area contributed by atoms with Crippen molar-refractivity contribution in [2.75, 3.05) is 39.6 Å². The van der Waals surface area contributed by atoms with E-state index in [0.717, 1.165) is 128 Å². The summed E-state index contributed by atoms with van der Waals surface area (Å²) in [6.45, 7) is 4.78. The monoisotopic (exact) mass is 1450 g/mol. The van der Waals surface area contributed by atoms with E-state index in [1.54, 1.807) is 0 Å². The molecule has 0 aliphatic rings. The van der Waals surface area contributed by atoms with E-state index in [1.807, 2.05) is 12.2 Å². The Morgan fingerprint density at radius 3 is 0.890 bits per heavy atom. The summed E-state index contributed by atoms with van der Waals surface area (Å²) in [5, 5.41) is 10.6. The van der Waals surface area contributed by atoms with Gasteiger partial charge in [0.05, 0.1) is 26.4 Å². The molecule has 2 unspecified atom stereocenters. The van der Waals surface area contributed by atoms with Gasteiger partial charge in [0, 0.05) is 25.7 Å². The van der Waals surface area contributed by atoms with E-state index in [2.05, 4.69) is 101 Å². The molecule has 0 aliphatic heterocycles. The zero-order valence-electron chi connectivity index (χ0n) is 63.4. The average molecular weight is 1450 g/mol. The number of phosphoric ester groups is 2. The standard InChI is InChI=1S/C81H144O17P2/c1-5-9-13-17-21-25-29-33-36-37-40-43-46-50-54-58-62-66-79(84)92-71-76(97-80(85)67-63-59-55-51-47-41-32-28-24-20-16-12-8-4)73-95-99(87,88)93-69-75(82)70-94-100(89,90)96-74-77(98-81(86)68-64-60-56-52-48-44-39-35-31-27-23-19-15-11-7-3)72-91-78(83)65-61-57-53-49-45-42-38-34-30-26-22-18-14-10-6-2/h21,25-26,30,33-36,38-40,43,50,54,75-77,82H,5-20,22-24,27-29,31-32,37,41-42,44-49,51-53,55-74H2,1-4H3,(H,87,88)(H,89,90)/b25-21-,30-26-,36-33-,38-34-,39-35-,43-40-,54-50-/t75-,76+,77+/m0/s1. The second-order valence-corrected chi connectivity index (χ2v) is 29.6. The second kappa shape index (κ2) is 73.5. The SMILES string of the molecule is CCCCC/C=C\C/C=C\C/C=C\C/C=C\CCCC(=O)OC[C@H](COP(=O)(O)OC[C@H](O)COP(=O)(O)OC[C@@H](COC(=O)CCCCCCC/C=C\C=C/CCCCCC)OC(=O)CCCCCCC/C=C\CCCCCCCC)OC(=O)CCCCCCCCCCCCCCC. The summed E-state index contributed by atoms with van der Waals surface area (Å²) in [4.78, 5) is 72.9. The molecule has 0 fully saturated rings. The van der Waals surface area contributed by atoms with Crippen LogP contribution in [0.1, 0.15) is 349 Å². The minimum Gasteiger partial charge on any atom is -0.462 e. The summed E-state index contributed by atoms with van der Waals surface area (Å²) in [5.74, 6) is -2.24. The maximum Gasteiger partial charge on any atom is 0.472 e. The molecule has 0 saturated carbocycles. The summed E-state index contributed by atoms with van der Waals surface area (Å²) in [6.07, 6.45) is 75.7. The van der Waals surface area contributed by atoms with E-state index < -0.39 is 97.5 Å². The molecule has 0 amide bonds. The molecule has 0 spiro atoms. The van der Waals surface area contributed by atoms with Crippen molar-refractivity contribution in [3.05, 3.63) is 85.1 Å². The molecule has 0 aromatic heterocycles. The van der Waals surface area contributed by atoms with E-state index in [4.69, 9.17) is 37.0 Å². The van der Waals surface area contributed by atoms with Crippen LogP contribution in [0.25, 0.3) is 0 Å². The number of hydrogen-bond donors (Lipinski definition) is 3. The van der Waals surface area contributed by atoms with E-state index >= 15 is 0 Å². The molecule has 0 saturated heterocycles. The van der Waals surface area contributed by atoms with Gasteiger partial charge in [-0.15, -0.1) is 0 Å². The van der Waals surface area contributed by atoms with Crippen LogP contribution in [-0.4, -0.2) is 96.7 Å². The molecule has 17 nitrogen and oxygen atoms in total. The van der Waals surface area contributed by atoms with Crippen LogP contribution < -0.4 is 0 Å². The zero-order valence-corrected chi connectivity index (χ0v) is 65.2. The third-order valence-corrected chi connectivity index (χ3v) is 18.8. The number of rotatable bonds is 75. The first-order chi connectivity index (χ1) is 48.7. The topological polar surface area (TPSA) is 237 Å². The largest absolute Gasteiger partial charge is 0.472 e. The molecule has 0 heterocycles. The summed E-state index contributed by atoms with van der Waals surface area (Å²) >= 11 is 0. The lowest BCUT2D eigenvalue weighted by Gasteiger charge is -2.21. The molecular weight excluding hydrogens is 1310 g/mol. The van der Waals surface area contributed by atoms with Crippen LogP contribution in [-0.2, 0) is 65.4 Å². The van der Waals surface area contributed by atoms with Crippen molar-refractivity contribution in [1.29, 1.82) is 0 Å². The van der Waals surface area contributed by atoms with Gasteiger partial charge in [0.15, 0.2) is 12.2 Å². The Hall–Kier alpha value is -3.76. The van der Waals surface area contributed by atoms with Gasteiger partial charge in [-0.25, -0.2) is 9.13 Å². The Morgan fingerprint density at radius 2 is 0.530 bits per heavy atom. The van der Waals surface area contributed by atoms with Crippen LogP contribution in [0.4, 0.5) is 0 Å². The Labute approximate surface area is 608 Å². The Morgan fingerprint density at radius 1 is 0.290 bits per heavy atom. The van der Waals surface area contributed by atoms with Gasteiger partial charge in [0.2, 0.25) is 0 Å². The van der Waals surface area contributed by atoms with Crippen molar-refractivity contribution in [3.63, 3.8) is 0 Å². The van der Waals surface area contributed by atoms with Crippen molar-refractivity contribution in [1.82, 2.24) is 0 Å². The van der Waals surface area contributed by atoms with E-state index in [9.17, 15) is 43.2 Å². The Kier molecular flexibility index (Phi) is 70.8. The minimum atomic E-state index is -4.98. The molecule has 0 bridgehead atoms. The lowest BCUT2D eigenvalue weighted by molar-refractivity contribution is -0.161. The minimum absolute atomic E-state index is 0.0825. The number of phosphoric acid groups is 2. The van der Waals surface area contributed by atoms with Crippen molar-refractivity contribution < 1.29 is 80.2 Å². The highest BCUT2D eigenvalue weighted by Gasteiger charge is 2.30. The number of carbonyl (C=O) groups is 4. The zero-order chi connectivity index (χ0) is 73.2. The number of ether oxygens (including phenoxy) is 4. The van der Waals surface area contributed by atoms with Crippen molar-refractivity contribution in [2.24, 2.45) is 0 Å². The number of unbranched alkanes of at least 4 members (excludes halogenated alkanes) is 36. The van der Waals surface area contributed by atoms with Gasteiger partial charge in [-0.2, -0.15) is 0 Å². The first kappa shape index (κ1) is 96.2. The molecule has 0 aromatic rings. The smallest absolute Gasteiger partial charge is 0.462 e. The van der Waals surface area contributed by atoms with Gasteiger partial charge < -0.3 is 33.8 Å². The lowest BCUT2D eigenvalue weighted by atomic mass is 10.0. The number of aliphatic hydroxyl groups excluding tert-OH is 1. The third kappa shape index (κ3) is 72.6. The van der Waals surface area contributed by atoms with Gasteiger partial charge in [-0.3, -0.25) is 37.3 Å². The molecule has 19 heteroatoms. The molecule has 0 radical (unpaired) electrons. The number of aliphatic hydroxyl groups is 1. The van der Waals surface area contributed by atoms with Gasteiger partial charge in [0.25, 0.3) is 0 Å². The molecule has 0 rings (SSSR count). The van der Waals surface area contributed by atoms with Crippen LogP contribution in [0.5, 0.6) is 0 Å². The molecule has 3 N–H and O–H groups in total. The quantitative estimate of drug-likeness (QED) is 0.0128. The highest BCUT2D eigenvalue weighted by Crippen LogP contribution is 2.45. The van der Waals surface area contributed by atoms with E-state index in [1.165, 1.54) is 135 Å². The summed E-state index contributed by atoms with van der Waals surface area (Å²) in [7, 11) is -9.96. The fourth-order valence-corrected chi connectivity index (χ4v) is 12.3. The van der Waals surface area contributed by atoms with Crippen LogP contribution >= 0.6 is 15.6 Å². The maximum absolute atomic E-state index is 13.1. The van der Waals surface area contributed by atoms with E-state index in [0.29, 0.717) is 32.1 Å². The van der Waals surface area contributed by atoms with Crippen LogP contribution in [0.3, 0.4) is 0 Å². The number of carbonyl (C=O) groups excluding carboxylic acids is 4. The summed E-state index contributed by atoms with van der Waals surface area (Å²) in [6, 6.07) is 0. The predicted octanol–water partition coefficient (Wildman–Crippen LogP) is 23.0. The second-order valence-electron chi connectivity index (χ2n) is 26.7. The first-order valence-corrected chi connectivity index (χ1v) is 42.8. The molecule has 5 atom stereocenters. The fraction of sp³-hybridized carbons (Fsp3) is 0.778. The highest BCUT2D eigenvalue weighted by atomic mass is 31.2. The van der Waals surface area contributed by atoms with Gasteiger partial charge in [0.1, 0.15) is 19.3 Å². The van der Waals surface area contributed by atoms with Gasteiger partial charge in [-0.1, -0.05) is 293 Å². The normalized spacial score (nSPS) is 14.3. The molecule has 100 heavy (non-hydrogen) atoms. The predicted molar refractivity (Wildman–Crippen MR) is 409 cm³/mol. The fourth-order valence-electron chi connectivity index (χ4n) is 10.7. The number of esters is 4. The lowest BCUT2D eigenvalue weighted by Crippen LogP contribution is -2.30. The third-order valence-electron chi connectivity index (χ3n) is 16.9. The molecule has 0 aromatic carbocycles. The van der Waals surface area contributed by atoms with Crippen molar-refractivity contribution in [3.8, 4) is 0 Å². The van der Waals surface area contributed by atoms with Crippen LogP contribution in [0.2, 0.25) is 0 Å². The van der Waals surface area contributed by atoms with Gasteiger partial charge in [-0.05, 0) is 116 Å². The van der Waals surface area contributed by atoms with Crippen LogP contribution in [0, 0.1) is 0 Å². The van der Waals surface area contributed by atoms with Gasteiger partial charge >= 0.3 is 39.5 Å². The molecular formula is C81H144O17P2.